The Balaban J connectivity index is 2.32. The summed E-state index contributed by atoms with van der Waals surface area (Å²) >= 11 is 1.64. The Kier molecular flexibility index (Phi) is 3.03. The molecule has 3 aromatic rings. The third-order valence-electron chi connectivity index (χ3n) is 3.28. The predicted octanol–water partition coefficient (Wildman–Crippen LogP) is 4.28. The quantitative estimate of drug-likeness (QED) is 0.763. The first-order chi connectivity index (χ1) is 9.56. The first kappa shape index (κ1) is 12.8. The van der Waals surface area contributed by atoms with Crippen molar-refractivity contribution < 1.29 is 9.90 Å². The number of aryl methyl sites for hydroxylation is 2. The van der Waals surface area contributed by atoms with Crippen LogP contribution in [0.5, 0.6) is 0 Å². The van der Waals surface area contributed by atoms with E-state index in [-0.39, 0.29) is 0 Å². The molecular formula is C16H13NO2S. The number of rotatable bonds is 2. The van der Waals surface area contributed by atoms with Crippen LogP contribution >= 0.6 is 11.3 Å². The second kappa shape index (κ2) is 4.72. The lowest BCUT2D eigenvalue weighted by Gasteiger charge is -2.06. The zero-order valence-corrected chi connectivity index (χ0v) is 12.0. The van der Waals surface area contributed by atoms with E-state index >= 15 is 0 Å². The zero-order chi connectivity index (χ0) is 14.3. The number of aromatic nitrogens is 1. The van der Waals surface area contributed by atoms with Crippen LogP contribution in [-0.4, -0.2) is 16.1 Å². The molecule has 0 saturated heterocycles. The molecule has 20 heavy (non-hydrogen) atoms. The summed E-state index contributed by atoms with van der Waals surface area (Å²) in [5.74, 6) is -0.904. The predicted molar refractivity (Wildman–Crippen MR) is 81.5 cm³/mol. The first-order valence-corrected chi connectivity index (χ1v) is 7.08. The minimum absolute atomic E-state index is 0.309. The van der Waals surface area contributed by atoms with E-state index in [0.29, 0.717) is 5.56 Å². The first-order valence-electron chi connectivity index (χ1n) is 6.27. The highest BCUT2D eigenvalue weighted by Gasteiger charge is 2.12. The van der Waals surface area contributed by atoms with E-state index in [1.165, 1.54) is 0 Å². The molecule has 0 amide bonds. The summed E-state index contributed by atoms with van der Waals surface area (Å²) in [6, 6.07) is 11.2. The molecule has 0 aliphatic rings. The molecule has 3 rings (SSSR count). The molecule has 0 saturated carbocycles. The largest absolute Gasteiger partial charge is 0.478 e. The topological polar surface area (TPSA) is 50.2 Å². The van der Waals surface area contributed by atoms with Gasteiger partial charge < -0.3 is 5.11 Å². The second-order valence-electron chi connectivity index (χ2n) is 4.69. The minimum Gasteiger partial charge on any atom is -0.478 e. The van der Waals surface area contributed by atoms with Gasteiger partial charge in [0.2, 0.25) is 0 Å². The number of carboxylic acids is 1. The number of hydrogen-bond donors (Lipinski definition) is 1. The summed E-state index contributed by atoms with van der Waals surface area (Å²) < 4.78 is 0. The zero-order valence-electron chi connectivity index (χ0n) is 11.2. The number of hydrogen-bond acceptors (Lipinski definition) is 3. The summed E-state index contributed by atoms with van der Waals surface area (Å²) in [5.41, 5.74) is 2.35. The molecule has 0 fully saturated rings. The molecule has 0 bridgehead atoms. The van der Waals surface area contributed by atoms with Crippen molar-refractivity contribution in [3.05, 3.63) is 52.7 Å². The summed E-state index contributed by atoms with van der Waals surface area (Å²) in [5, 5.41) is 12.2. The lowest BCUT2D eigenvalue weighted by molar-refractivity contribution is 0.0697. The van der Waals surface area contributed by atoms with Gasteiger partial charge in [-0.25, -0.2) is 9.78 Å². The van der Waals surface area contributed by atoms with Crippen LogP contribution in [0.1, 0.15) is 21.1 Å². The number of carboxylic acid groups (broad SMARTS) is 1. The fourth-order valence-corrected chi connectivity index (χ4v) is 3.34. The fraction of sp³-hybridized carbons (Fsp3) is 0.125. The molecular weight excluding hydrogens is 270 g/mol. The van der Waals surface area contributed by atoms with Crippen molar-refractivity contribution >= 4 is 28.1 Å². The fourth-order valence-electron chi connectivity index (χ4n) is 2.38. The molecule has 0 atom stereocenters. The van der Waals surface area contributed by atoms with Crippen molar-refractivity contribution in [1.82, 2.24) is 4.98 Å². The molecule has 1 heterocycles. The van der Waals surface area contributed by atoms with E-state index in [4.69, 9.17) is 5.11 Å². The standard InChI is InChI=1S/C16H13NO2S/c1-9-15(20-10(2)17-9)13-5-3-4-11-6-7-12(16(18)19)8-14(11)13/h3-8H,1-2H3,(H,18,19). The van der Waals surface area contributed by atoms with Crippen molar-refractivity contribution in [2.24, 2.45) is 0 Å². The van der Waals surface area contributed by atoms with Gasteiger partial charge in [0.05, 0.1) is 21.1 Å². The van der Waals surface area contributed by atoms with E-state index in [1.807, 2.05) is 38.1 Å². The van der Waals surface area contributed by atoms with Crippen molar-refractivity contribution in [3.63, 3.8) is 0 Å². The van der Waals surface area contributed by atoms with Gasteiger partial charge in [-0.1, -0.05) is 24.3 Å². The van der Waals surface area contributed by atoms with Crippen LogP contribution in [0.3, 0.4) is 0 Å². The molecule has 0 spiro atoms. The van der Waals surface area contributed by atoms with Crippen LogP contribution in [0.25, 0.3) is 21.2 Å². The summed E-state index contributed by atoms with van der Waals surface area (Å²) in [6.45, 7) is 3.97. The van der Waals surface area contributed by atoms with Gasteiger partial charge in [0, 0.05) is 5.56 Å². The lowest BCUT2D eigenvalue weighted by atomic mass is 10.0. The van der Waals surface area contributed by atoms with E-state index in [0.717, 1.165) is 31.9 Å². The molecule has 4 heteroatoms. The summed E-state index contributed by atoms with van der Waals surface area (Å²) in [6.07, 6.45) is 0. The van der Waals surface area contributed by atoms with Gasteiger partial charge in [-0.05, 0) is 36.8 Å². The molecule has 100 valence electrons. The Morgan fingerprint density at radius 1 is 1.20 bits per heavy atom. The van der Waals surface area contributed by atoms with Crippen LogP contribution in [0, 0.1) is 13.8 Å². The van der Waals surface area contributed by atoms with Crippen LogP contribution < -0.4 is 0 Å². The highest BCUT2D eigenvalue weighted by atomic mass is 32.1. The average Bonchev–Trinajstić information content (AvgIpc) is 2.76. The average molecular weight is 283 g/mol. The monoisotopic (exact) mass is 283 g/mol. The molecule has 3 nitrogen and oxygen atoms in total. The van der Waals surface area contributed by atoms with Gasteiger partial charge in [0.25, 0.3) is 0 Å². The van der Waals surface area contributed by atoms with Crippen LogP contribution in [-0.2, 0) is 0 Å². The Bertz CT molecular complexity index is 820. The Morgan fingerprint density at radius 2 is 2.00 bits per heavy atom. The van der Waals surface area contributed by atoms with Crippen molar-refractivity contribution in [1.29, 1.82) is 0 Å². The maximum Gasteiger partial charge on any atom is 0.335 e. The Hall–Kier alpha value is -2.20. The molecule has 1 N–H and O–H groups in total. The third kappa shape index (κ3) is 2.08. The van der Waals surface area contributed by atoms with E-state index < -0.39 is 5.97 Å². The molecule has 0 radical (unpaired) electrons. The SMILES string of the molecule is Cc1nc(C)c(-c2cccc3ccc(C(=O)O)cc23)s1. The Morgan fingerprint density at radius 3 is 2.65 bits per heavy atom. The van der Waals surface area contributed by atoms with Crippen molar-refractivity contribution in [2.45, 2.75) is 13.8 Å². The van der Waals surface area contributed by atoms with Crippen LogP contribution in [0.4, 0.5) is 0 Å². The third-order valence-corrected chi connectivity index (χ3v) is 4.38. The normalized spacial score (nSPS) is 10.9. The van der Waals surface area contributed by atoms with Gasteiger partial charge >= 0.3 is 5.97 Å². The molecule has 0 aliphatic heterocycles. The summed E-state index contributed by atoms with van der Waals surface area (Å²) in [4.78, 5) is 16.7. The van der Waals surface area contributed by atoms with Gasteiger partial charge in [-0.3, -0.25) is 0 Å². The lowest BCUT2D eigenvalue weighted by Crippen LogP contribution is -1.95. The number of aromatic carboxylic acids is 1. The maximum atomic E-state index is 11.2. The number of benzene rings is 2. The summed E-state index contributed by atoms with van der Waals surface area (Å²) in [7, 11) is 0. The van der Waals surface area contributed by atoms with E-state index in [1.54, 1.807) is 23.5 Å². The second-order valence-corrected chi connectivity index (χ2v) is 5.90. The number of nitrogens with zero attached hydrogens (tertiary/aromatic N) is 1. The number of carbonyl (C=O) groups is 1. The van der Waals surface area contributed by atoms with Crippen LogP contribution in [0.2, 0.25) is 0 Å². The smallest absolute Gasteiger partial charge is 0.335 e. The van der Waals surface area contributed by atoms with Gasteiger partial charge in [-0.2, -0.15) is 0 Å². The van der Waals surface area contributed by atoms with E-state index in [9.17, 15) is 4.79 Å². The Labute approximate surface area is 120 Å². The maximum absolute atomic E-state index is 11.2. The molecule has 1 aromatic heterocycles. The number of fused-ring (bicyclic) bond motifs is 1. The van der Waals surface area contributed by atoms with E-state index in [2.05, 4.69) is 4.98 Å². The van der Waals surface area contributed by atoms with Gasteiger partial charge in [0.1, 0.15) is 0 Å². The highest BCUT2D eigenvalue weighted by molar-refractivity contribution is 7.15. The molecule has 0 aliphatic carbocycles. The minimum atomic E-state index is -0.904. The van der Waals surface area contributed by atoms with Gasteiger partial charge in [-0.15, -0.1) is 11.3 Å². The number of thiazole rings is 1. The van der Waals surface area contributed by atoms with Crippen molar-refractivity contribution in [3.8, 4) is 10.4 Å². The highest BCUT2D eigenvalue weighted by Crippen LogP contribution is 2.35. The molecule has 2 aromatic carbocycles. The van der Waals surface area contributed by atoms with Crippen molar-refractivity contribution in [2.75, 3.05) is 0 Å². The van der Waals surface area contributed by atoms with Crippen LogP contribution in [0.15, 0.2) is 36.4 Å². The van der Waals surface area contributed by atoms with Gasteiger partial charge in [0.15, 0.2) is 0 Å². The molecule has 0 unspecified atom stereocenters.